The fourth-order valence-electron chi connectivity index (χ4n) is 3.99. The first-order chi connectivity index (χ1) is 17.7. The highest BCUT2D eigenvalue weighted by Crippen LogP contribution is 2.36. The monoisotopic (exact) mass is 531 g/mol. The van der Waals surface area contributed by atoms with E-state index in [1.807, 2.05) is 40.7 Å². The van der Waals surface area contributed by atoms with Crippen molar-refractivity contribution in [2.24, 2.45) is 0 Å². The molecule has 0 unspecified atom stereocenters. The van der Waals surface area contributed by atoms with Crippen molar-refractivity contribution in [3.63, 3.8) is 0 Å². The van der Waals surface area contributed by atoms with Gasteiger partial charge in [0.05, 0.1) is 12.2 Å². The quantitative estimate of drug-likeness (QED) is 0.125. The van der Waals surface area contributed by atoms with E-state index in [1.54, 1.807) is 26.0 Å². The fourth-order valence-corrected chi connectivity index (χ4v) is 4.98. The molecule has 0 atom stereocenters. The van der Waals surface area contributed by atoms with E-state index >= 15 is 0 Å². The lowest BCUT2D eigenvalue weighted by Crippen LogP contribution is -2.21. The average molecular weight is 532 g/mol. The van der Waals surface area contributed by atoms with E-state index in [1.165, 1.54) is 18.0 Å². The van der Waals surface area contributed by atoms with Crippen LogP contribution in [0.15, 0.2) is 76.0 Å². The zero-order valence-corrected chi connectivity index (χ0v) is 21.1. The summed E-state index contributed by atoms with van der Waals surface area (Å²) in [6, 6.07) is 17.7. The van der Waals surface area contributed by atoms with Crippen molar-refractivity contribution in [2.75, 3.05) is 13.2 Å². The molecule has 0 aliphatic rings. The summed E-state index contributed by atoms with van der Waals surface area (Å²) in [5, 5.41) is 0.717. The van der Waals surface area contributed by atoms with E-state index in [4.69, 9.17) is 9.15 Å². The fraction of sp³-hybridized carbons (Fsp3) is 0.250. The van der Waals surface area contributed by atoms with Crippen LogP contribution in [0.1, 0.15) is 39.7 Å². The Balaban J connectivity index is 1.64. The second-order valence-electron chi connectivity index (χ2n) is 8.42. The molecule has 4 nitrogen and oxygen atoms in total. The molecule has 0 amide bonds. The van der Waals surface area contributed by atoms with Gasteiger partial charge in [0, 0.05) is 28.9 Å². The normalized spacial score (nSPS) is 11.9. The molecule has 0 N–H and O–H groups in total. The molecular weight excluding hydrogens is 506 g/mol. The smallest absolute Gasteiger partial charge is 0.416 e. The van der Waals surface area contributed by atoms with Crippen LogP contribution in [-0.2, 0) is 23.9 Å². The maximum absolute atomic E-state index is 13.7. The molecule has 37 heavy (non-hydrogen) atoms. The standard InChI is InChI=1S/C28H25F4NO3S/c1-3-35-27(34)26-18(2)23-16-22(11-12-25(23)36-26)37-33(14-13-19-7-5-4-6-8-19)17-20-9-10-21(29)15-24(20)28(30,31)32/h4-12,15-16H,3,13-14,17H2,1-2H3. The van der Waals surface area contributed by atoms with E-state index in [2.05, 4.69) is 0 Å². The van der Waals surface area contributed by atoms with E-state index < -0.39 is 23.5 Å². The second-order valence-corrected chi connectivity index (χ2v) is 9.59. The molecule has 194 valence electrons. The molecule has 1 aromatic heterocycles. The van der Waals surface area contributed by atoms with Gasteiger partial charge >= 0.3 is 12.1 Å². The van der Waals surface area contributed by atoms with Crippen molar-refractivity contribution < 1.29 is 31.5 Å². The van der Waals surface area contributed by atoms with Crippen LogP contribution in [0.5, 0.6) is 0 Å². The molecule has 0 spiro atoms. The van der Waals surface area contributed by atoms with E-state index in [-0.39, 0.29) is 24.5 Å². The molecule has 9 heteroatoms. The first-order valence-electron chi connectivity index (χ1n) is 11.7. The minimum atomic E-state index is -4.68. The molecule has 0 aliphatic carbocycles. The first kappa shape index (κ1) is 26.8. The number of hydrogen-bond donors (Lipinski definition) is 0. The number of alkyl halides is 3. The van der Waals surface area contributed by atoms with Crippen molar-refractivity contribution >= 4 is 28.9 Å². The van der Waals surface area contributed by atoms with E-state index in [9.17, 15) is 22.4 Å². The lowest BCUT2D eigenvalue weighted by molar-refractivity contribution is -0.138. The Bertz CT molecular complexity index is 1390. The van der Waals surface area contributed by atoms with E-state index in [0.717, 1.165) is 16.5 Å². The summed E-state index contributed by atoms with van der Waals surface area (Å²) in [4.78, 5) is 13.0. The zero-order chi connectivity index (χ0) is 26.6. The lowest BCUT2D eigenvalue weighted by atomic mass is 10.1. The van der Waals surface area contributed by atoms with Crippen LogP contribution in [0.4, 0.5) is 17.6 Å². The third-order valence-electron chi connectivity index (χ3n) is 5.82. The van der Waals surface area contributed by atoms with Crippen LogP contribution in [0, 0.1) is 12.7 Å². The van der Waals surface area contributed by atoms with Crippen LogP contribution in [0.25, 0.3) is 11.0 Å². The van der Waals surface area contributed by atoms with Crippen LogP contribution in [-0.4, -0.2) is 23.4 Å². The Hall–Kier alpha value is -3.30. The number of carbonyl (C=O) groups is 1. The van der Waals surface area contributed by atoms with Gasteiger partial charge in [0.25, 0.3) is 0 Å². The summed E-state index contributed by atoms with van der Waals surface area (Å²) in [5.41, 5.74) is 1.18. The van der Waals surface area contributed by atoms with Gasteiger partial charge in [0.1, 0.15) is 11.4 Å². The number of benzene rings is 3. The Morgan fingerprint density at radius 2 is 1.81 bits per heavy atom. The number of rotatable bonds is 9. The predicted octanol–water partition coefficient (Wildman–Crippen LogP) is 7.83. The second kappa shape index (κ2) is 11.4. The molecule has 1 heterocycles. The van der Waals surface area contributed by atoms with Crippen molar-refractivity contribution in [2.45, 2.75) is 37.9 Å². The third-order valence-corrected chi connectivity index (χ3v) is 6.85. The zero-order valence-electron chi connectivity index (χ0n) is 20.3. The summed E-state index contributed by atoms with van der Waals surface area (Å²) in [6.45, 7) is 4.08. The summed E-state index contributed by atoms with van der Waals surface area (Å²) < 4.78 is 67.2. The van der Waals surface area contributed by atoms with Gasteiger partial charge in [-0.05, 0) is 73.7 Å². The molecular formula is C28H25F4NO3S. The minimum Gasteiger partial charge on any atom is -0.460 e. The highest BCUT2D eigenvalue weighted by atomic mass is 32.2. The number of hydrogen-bond acceptors (Lipinski definition) is 5. The number of nitrogens with zero attached hydrogens (tertiary/aromatic N) is 1. The number of furan rings is 1. The lowest BCUT2D eigenvalue weighted by Gasteiger charge is -2.23. The molecule has 4 aromatic rings. The number of esters is 1. The van der Waals surface area contributed by atoms with Gasteiger partial charge in [-0.25, -0.2) is 13.5 Å². The average Bonchev–Trinajstić information content (AvgIpc) is 3.19. The molecule has 0 fully saturated rings. The van der Waals surface area contributed by atoms with Gasteiger partial charge in [0.2, 0.25) is 5.76 Å². The van der Waals surface area contributed by atoms with Crippen LogP contribution in [0.2, 0.25) is 0 Å². The maximum Gasteiger partial charge on any atom is 0.416 e. The number of ether oxygens (including phenoxy) is 1. The minimum absolute atomic E-state index is 0.0142. The summed E-state index contributed by atoms with van der Waals surface area (Å²) in [6.07, 6.45) is -4.07. The van der Waals surface area contributed by atoms with Crippen LogP contribution >= 0.6 is 11.9 Å². The Kier molecular flexibility index (Phi) is 8.24. The number of halogens is 4. The number of fused-ring (bicyclic) bond motifs is 1. The molecule has 3 aromatic carbocycles. The SMILES string of the molecule is CCOC(=O)c1oc2ccc(SN(CCc3ccccc3)Cc3ccc(F)cc3C(F)(F)F)cc2c1C. The molecule has 0 saturated heterocycles. The van der Waals surface area contributed by atoms with Crippen molar-refractivity contribution in [3.05, 3.63) is 101 Å². The Morgan fingerprint density at radius 1 is 1.05 bits per heavy atom. The van der Waals surface area contributed by atoms with Gasteiger partial charge in [-0.15, -0.1) is 0 Å². The van der Waals surface area contributed by atoms with E-state index in [0.29, 0.717) is 35.6 Å². The predicted molar refractivity (Wildman–Crippen MR) is 135 cm³/mol. The van der Waals surface area contributed by atoms with Crippen molar-refractivity contribution in [3.8, 4) is 0 Å². The summed E-state index contributed by atoms with van der Waals surface area (Å²) in [5.74, 6) is -1.36. The topological polar surface area (TPSA) is 42.7 Å². The maximum atomic E-state index is 13.7. The molecule has 0 saturated carbocycles. The summed E-state index contributed by atoms with van der Waals surface area (Å²) >= 11 is 1.29. The molecule has 4 rings (SSSR count). The number of aryl methyl sites for hydroxylation is 1. The third kappa shape index (κ3) is 6.53. The highest BCUT2D eigenvalue weighted by molar-refractivity contribution is 7.97. The molecule has 0 radical (unpaired) electrons. The van der Waals surface area contributed by atoms with Gasteiger partial charge in [0.15, 0.2) is 0 Å². The van der Waals surface area contributed by atoms with Gasteiger partial charge in [-0.2, -0.15) is 13.2 Å². The Morgan fingerprint density at radius 3 is 2.51 bits per heavy atom. The van der Waals surface area contributed by atoms with Crippen LogP contribution in [0.3, 0.4) is 0 Å². The Labute approximate surface area is 216 Å². The molecule has 0 bridgehead atoms. The summed E-state index contributed by atoms with van der Waals surface area (Å²) in [7, 11) is 0. The highest BCUT2D eigenvalue weighted by Gasteiger charge is 2.34. The molecule has 0 aliphatic heterocycles. The van der Waals surface area contributed by atoms with Gasteiger partial charge in [-0.3, -0.25) is 0 Å². The van der Waals surface area contributed by atoms with Crippen molar-refractivity contribution in [1.82, 2.24) is 4.31 Å². The van der Waals surface area contributed by atoms with Gasteiger partial charge in [-0.1, -0.05) is 36.4 Å². The van der Waals surface area contributed by atoms with Crippen LogP contribution < -0.4 is 0 Å². The largest absolute Gasteiger partial charge is 0.460 e. The van der Waals surface area contributed by atoms with Crippen molar-refractivity contribution in [1.29, 1.82) is 0 Å². The first-order valence-corrected chi connectivity index (χ1v) is 12.5. The number of carbonyl (C=O) groups excluding carboxylic acids is 1. The van der Waals surface area contributed by atoms with Gasteiger partial charge < -0.3 is 9.15 Å².